The molecule has 0 spiro atoms. The molecule has 0 amide bonds. The van der Waals surface area contributed by atoms with Gasteiger partial charge < -0.3 is 4.74 Å². The van der Waals surface area contributed by atoms with Crippen LogP contribution in [0, 0.1) is 11.8 Å². The van der Waals surface area contributed by atoms with Gasteiger partial charge in [-0.2, -0.15) is 24.9 Å². The van der Waals surface area contributed by atoms with E-state index >= 15 is 0 Å². The van der Waals surface area contributed by atoms with Gasteiger partial charge in [0.2, 0.25) is 0 Å². The minimum absolute atomic E-state index is 0.365. The number of hydrogen-bond acceptors (Lipinski definition) is 2. The molecule has 0 aromatic carbocycles. The Bertz CT molecular complexity index is 347. The number of halogens is 3. The quantitative estimate of drug-likeness (QED) is 0.177. The van der Waals surface area contributed by atoms with Crippen LogP contribution in [0.2, 0.25) is 0 Å². The molecule has 0 saturated heterocycles. The van der Waals surface area contributed by atoms with E-state index in [-0.39, 0.29) is 0 Å². The van der Waals surface area contributed by atoms with Crippen molar-refractivity contribution in [2.75, 3.05) is 24.7 Å². The van der Waals surface area contributed by atoms with Gasteiger partial charge in [0.15, 0.2) is 0 Å². The van der Waals surface area contributed by atoms with Crippen LogP contribution in [0.15, 0.2) is 0 Å². The number of hydrogen-bond donors (Lipinski definition) is 0. The van der Waals surface area contributed by atoms with Crippen LogP contribution in [0.3, 0.4) is 0 Å². The van der Waals surface area contributed by atoms with Gasteiger partial charge in [-0.25, -0.2) is 0 Å². The molecule has 0 fully saturated rings. The lowest BCUT2D eigenvalue weighted by atomic mass is 10.1. The second-order valence-corrected chi connectivity index (χ2v) is 7.83. The van der Waals surface area contributed by atoms with Gasteiger partial charge in [-0.05, 0) is 37.7 Å². The Morgan fingerprint density at radius 1 is 0.731 bits per heavy atom. The standard InChI is InChI=1S/C21H37F3OS/c1-2-25-18-16-20-26-19-15-13-11-9-7-5-3-4-6-8-10-12-14-17-21(22,23)24/h2-13,15-16,18-20H2,1H3. The van der Waals surface area contributed by atoms with E-state index in [0.717, 1.165) is 32.5 Å². The Labute approximate surface area is 163 Å². The first-order valence-corrected chi connectivity index (χ1v) is 11.4. The Balaban J connectivity index is 3.08. The van der Waals surface area contributed by atoms with Crippen molar-refractivity contribution in [2.45, 2.75) is 96.6 Å². The summed E-state index contributed by atoms with van der Waals surface area (Å²) in [5.41, 5.74) is 0. The molecule has 0 aliphatic heterocycles. The average molecular weight is 395 g/mol. The third kappa shape index (κ3) is 23.7. The highest BCUT2D eigenvalue weighted by molar-refractivity contribution is 7.99. The molecule has 5 heteroatoms. The molecule has 154 valence electrons. The van der Waals surface area contributed by atoms with E-state index in [4.69, 9.17) is 4.74 Å². The van der Waals surface area contributed by atoms with Gasteiger partial charge >= 0.3 is 6.18 Å². The van der Waals surface area contributed by atoms with Gasteiger partial charge in [-0.15, -0.1) is 0 Å². The van der Waals surface area contributed by atoms with Gasteiger partial charge in [0.25, 0.3) is 0 Å². The van der Waals surface area contributed by atoms with E-state index in [1.807, 2.05) is 18.7 Å². The van der Waals surface area contributed by atoms with Crippen molar-refractivity contribution in [1.29, 1.82) is 0 Å². The molecule has 0 aliphatic rings. The molecule has 0 rings (SSSR count). The Morgan fingerprint density at radius 2 is 1.23 bits per heavy atom. The van der Waals surface area contributed by atoms with Crippen molar-refractivity contribution in [1.82, 2.24) is 0 Å². The van der Waals surface area contributed by atoms with Gasteiger partial charge in [0, 0.05) is 25.6 Å². The van der Waals surface area contributed by atoms with Crippen LogP contribution >= 0.6 is 11.8 Å². The highest BCUT2D eigenvalue weighted by Crippen LogP contribution is 2.14. The fourth-order valence-corrected chi connectivity index (χ4v) is 3.62. The van der Waals surface area contributed by atoms with Crippen LogP contribution in [-0.4, -0.2) is 30.9 Å². The maximum Gasteiger partial charge on any atom is 0.457 e. The average Bonchev–Trinajstić information content (AvgIpc) is 2.59. The van der Waals surface area contributed by atoms with E-state index in [1.165, 1.54) is 75.2 Å². The molecule has 1 nitrogen and oxygen atoms in total. The predicted molar refractivity (Wildman–Crippen MR) is 108 cm³/mol. The molecule has 0 heterocycles. The summed E-state index contributed by atoms with van der Waals surface area (Å²) in [4.78, 5) is 0. The highest BCUT2D eigenvalue weighted by atomic mass is 32.2. The zero-order chi connectivity index (χ0) is 19.3. The summed E-state index contributed by atoms with van der Waals surface area (Å²) in [6, 6.07) is 0. The summed E-state index contributed by atoms with van der Waals surface area (Å²) in [6.07, 6.45) is 10.5. The Hall–Kier alpha value is -0.340. The van der Waals surface area contributed by atoms with Crippen LogP contribution in [0.5, 0.6) is 0 Å². The van der Waals surface area contributed by atoms with Crippen LogP contribution in [0.25, 0.3) is 0 Å². The van der Waals surface area contributed by atoms with Crippen molar-refractivity contribution in [3.05, 3.63) is 0 Å². The molecule has 0 N–H and O–H groups in total. The van der Waals surface area contributed by atoms with Crippen LogP contribution in [0.1, 0.15) is 90.4 Å². The van der Waals surface area contributed by atoms with Gasteiger partial charge in [-0.3, -0.25) is 0 Å². The van der Waals surface area contributed by atoms with Crippen LogP contribution in [0.4, 0.5) is 13.2 Å². The van der Waals surface area contributed by atoms with Crippen molar-refractivity contribution >= 4 is 11.8 Å². The largest absolute Gasteiger partial charge is 0.457 e. The maximum atomic E-state index is 11.8. The Kier molecular flexibility index (Phi) is 19.2. The molecule has 0 bridgehead atoms. The Morgan fingerprint density at radius 3 is 1.77 bits per heavy atom. The van der Waals surface area contributed by atoms with Crippen molar-refractivity contribution in [3.63, 3.8) is 0 Å². The molecule has 0 saturated carbocycles. The summed E-state index contributed by atoms with van der Waals surface area (Å²) >= 11 is 2.05. The van der Waals surface area contributed by atoms with E-state index in [0.29, 0.717) is 6.42 Å². The minimum Gasteiger partial charge on any atom is -0.382 e. The highest BCUT2D eigenvalue weighted by Gasteiger charge is 2.22. The maximum absolute atomic E-state index is 11.8. The monoisotopic (exact) mass is 394 g/mol. The van der Waals surface area contributed by atoms with Crippen molar-refractivity contribution in [2.24, 2.45) is 0 Å². The lowest BCUT2D eigenvalue weighted by molar-refractivity contribution is -0.0697. The van der Waals surface area contributed by atoms with Crippen molar-refractivity contribution in [3.8, 4) is 11.8 Å². The number of unbranched alkanes of at least 4 members (excludes halogenated alkanes) is 11. The summed E-state index contributed by atoms with van der Waals surface area (Å²) < 4.78 is 40.7. The summed E-state index contributed by atoms with van der Waals surface area (Å²) in [5.74, 6) is 6.01. The van der Waals surface area contributed by atoms with Crippen molar-refractivity contribution < 1.29 is 17.9 Å². The lowest BCUT2D eigenvalue weighted by Crippen LogP contribution is -2.01. The zero-order valence-corrected chi connectivity index (χ0v) is 17.3. The molecular formula is C21H37F3OS. The molecule has 0 unspecified atom stereocenters. The first-order valence-electron chi connectivity index (χ1n) is 10.3. The summed E-state index contributed by atoms with van der Waals surface area (Å²) in [5, 5.41) is 0. The smallest absolute Gasteiger partial charge is 0.382 e. The van der Waals surface area contributed by atoms with Crippen LogP contribution in [-0.2, 0) is 4.74 Å². The van der Waals surface area contributed by atoms with E-state index < -0.39 is 6.18 Å². The number of ether oxygens (including phenoxy) is 1. The van der Waals surface area contributed by atoms with Gasteiger partial charge in [-0.1, -0.05) is 63.7 Å². The molecule has 0 radical (unpaired) electrons. The fraction of sp³-hybridized carbons (Fsp3) is 0.905. The molecule has 0 aliphatic carbocycles. The zero-order valence-electron chi connectivity index (χ0n) is 16.5. The van der Waals surface area contributed by atoms with E-state index in [9.17, 15) is 13.2 Å². The van der Waals surface area contributed by atoms with E-state index in [2.05, 4.69) is 5.92 Å². The molecule has 0 atom stereocenters. The second-order valence-electron chi connectivity index (χ2n) is 6.60. The number of thioether (sulfide) groups is 1. The molecule has 0 aromatic rings. The normalized spacial score (nSPS) is 11.4. The molecular weight excluding hydrogens is 357 g/mol. The topological polar surface area (TPSA) is 9.23 Å². The summed E-state index contributed by atoms with van der Waals surface area (Å²) in [6.45, 7) is 3.76. The third-order valence-corrected chi connectivity index (χ3v) is 5.26. The molecule has 0 aromatic heterocycles. The van der Waals surface area contributed by atoms with E-state index in [1.54, 1.807) is 0 Å². The molecule has 26 heavy (non-hydrogen) atoms. The first kappa shape index (κ1) is 25.7. The fourth-order valence-electron chi connectivity index (χ4n) is 2.68. The SMILES string of the molecule is CCOCCCSCCCCCCCCCCCCCC#CC(F)(F)F. The summed E-state index contributed by atoms with van der Waals surface area (Å²) in [7, 11) is 0. The number of rotatable bonds is 18. The minimum atomic E-state index is -4.33. The number of alkyl halides is 3. The first-order chi connectivity index (χ1) is 12.6. The third-order valence-electron chi connectivity index (χ3n) is 4.10. The predicted octanol–water partition coefficient (Wildman–Crippen LogP) is 7.39. The van der Waals surface area contributed by atoms with Gasteiger partial charge in [0.05, 0.1) is 0 Å². The lowest BCUT2D eigenvalue weighted by Gasteiger charge is -2.04. The second kappa shape index (κ2) is 19.4. The van der Waals surface area contributed by atoms with Crippen LogP contribution < -0.4 is 0 Å². The van der Waals surface area contributed by atoms with Gasteiger partial charge in [0.1, 0.15) is 0 Å².